The molecule has 3 heteroatoms. The van der Waals surface area contributed by atoms with Crippen molar-refractivity contribution in [2.75, 3.05) is 0 Å². The van der Waals surface area contributed by atoms with E-state index in [1.807, 2.05) is 23.5 Å². The van der Waals surface area contributed by atoms with Gasteiger partial charge in [-0.2, -0.15) is 0 Å². The molecule has 0 aromatic carbocycles. The van der Waals surface area contributed by atoms with Gasteiger partial charge in [-0.15, -0.1) is 23.5 Å². The lowest BCUT2D eigenvalue weighted by atomic mass is 10.3. The molecule has 0 heterocycles. The van der Waals surface area contributed by atoms with Crippen molar-refractivity contribution in [2.45, 2.75) is 75.6 Å². The molecule has 0 aliphatic rings. The predicted octanol–water partition coefficient (Wildman–Crippen LogP) is 4.35. The van der Waals surface area contributed by atoms with Crippen molar-refractivity contribution in [1.29, 1.82) is 0 Å². The van der Waals surface area contributed by atoms with Crippen LogP contribution in [0.5, 0.6) is 0 Å². The maximum Gasteiger partial charge on any atom is 0.0689 e. The molecule has 0 N–H and O–H groups in total. The van der Waals surface area contributed by atoms with Gasteiger partial charge in [0, 0.05) is 9.49 Å². The number of hydrogen-bond acceptors (Lipinski definition) is 2. The highest BCUT2D eigenvalue weighted by molar-refractivity contribution is 8.02. The van der Waals surface area contributed by atoms with E-state index in [4.69, 9.17) is 5.32 Å². The Morgan fingerprint density at radius 1 is 0.733 bits per heavy atom. The fourth-order valence-corrected chi connectivity index (χ4v) is 3.99. The summed E-state index contributed by atoms with van der Waals surface area (Å²) in [5.74, 6) is 0. The third-order valence-electron chi connectivity index (χ3n) is 1.47. The van der Waals surface area contributed by atoms with Gasteiger partial charge in [0.15, 0.2) is 0 Å². The molecule has 2 atom stereocenters. The van der Waals surface area contributed by atoms with Crippen LogP contribution in [-0.2, 0) is 0 Å². The molecule has 0 aromatic rings. The Bertz CT molecular complexity index is 159. The van der Waals surface area contributed by atoms with Crippen LogP contribution in [0.4, 0.5) is 0 Å². The lowest BCUT2D eigenvalue weighted by molar-refractivity contribution is 0.645. The molecule has 15 heavy (non-hydrogen) atoms. The normalized spacial score (nSPS) is 17.6. The average Bonchev–Trinajstić information content (AvgIpc) is 1.73. The first-order valence-electron chi connectivity index (χ1n) is 5.55. The zero-order valence-electron chi connectivity index (χ0n) is 11.4. The first kappa shape index (κ1) is 15.7. The molecule has 0 saturated heterocycles. The molecule has 0 saturated carbocycles. The van der Waals surface area contributed by atoms with Crippen molar-refractivity contribution < 1.29 is 0 Å². The highest BCUT2D eigenvalue weighted by Crippen LogP contribution is 2.31. The second-order valence-corrected chi connectivity index (χ2v) is 10.1. The minimum Gasteiger partial charge on any atom is -0.214 e. The van der Waals surface area contributed by atoms with E-state index >= 15 is 0 Å². The van der Waals surface area contributed by atoms with E-state index in [1.165, 1.54) is 0 Å². The molecule has 1 radical (unpaired) electrons. The third-order valence-corrected chi connectivity index (χ3v) is 3.81. The minimum absolute atomic E-state index is 0.301. The molecule has 0 fully saturated rings. The van der Waals surface area contributed by atoms with Gasteiger partial charge >= 0.3 is 0 Å². The molecule has 91 valence electrons. The monoisotopic (exact) mass is 248 g/mol. The van der Waals surface area contributed by atoms with Crippen LogP contribution in [-0.4, -0.2) is 20.2 Å². The van der Waals surface area contributed by atoms with Crippen LogP contribution in [0.3, 0.4) is 0 Å². The molecule has 0 aliphatic heterocycles. The Kier molecular flexibility index (Phi) is 6.09. The van der Waals surface area contributed by atoms with E-state index in [9.17, 15) is 0 Å². The Labute approximate surface area is 105 Å². The van der Waals surface area contributed by atoms with E-state index in [-0.39, 0.29) is 0 Å². The summed E-state index contributed by atoms with van der Waals surface area (Å²) in [6.07, 6.45) is 0. The first-order chi connectivity index (χ1) is 6.49. The molecular formula is C12H26NS2. The summed E-state index contributed by atoms with van der Waals surface area (Å²) in [5.41, 5.74) is 0. The van der Waals surface area contributed by atoms with Gasteiger partial charge < -0.3 is 0 Å². The van der Waals surface area contributed by atoms with E-state index in [0.717, 1.165) is 0 Å². The smallest absolute Gasteiger partial charge is 0.0689 e. The second-order valence-electron chi connectivity index (χ2n) is 5.81. The summed E-state index contributed by atoms with van der Waals surface area (Å²) in [5, 5.41) is 5.54. The topological polar surface area (TPSA) is 14.1 Å². The van der Waals surface area contributed by atoms with Crippen molar-refractivity contribution in [1.82, 2.24) is 5.32 Å². The highest BCUT2D eigenvalue weighted by Gasteiger charge is 2.21. The summed E-state index contributed by atoms with van der Waals surface area (Å²) < 4.78 is 0.601. The van der Waals surface area contributed by atoms with Crippen LogP contribution >= 0.6 is 23.5 Å². The molecule has 0 rings (SSSR count). The maximum atomic E-state index is 4.77. The first-order valence-corrected chi connectivity index (χ1v) is 7.31. The SMILES string of the molecule is CC([N]C(C)SC(C)(C)C)SC(C)(C)C. The number of rotatable bonds is 4. The zero-order chi connectivity index (χ0) is 12.3. The standard InChI is InChI=1S/C12H26NS2/c1-9(14-11(3,4)5)13-10(2)15-12(6,7)8/h9-10H,1-8H3. The summed E-state index contributed by atoms with van der Waals surface area (Å²) in [6, 6.07) is 0. The van der Waals surface area contributed by atoms with Crippen molar-refractivity contribution in [3.8, 4) is 0 Å². The number of hydrogen-bond donors (Lipinski definition) is 0. The van der Waals surface area contributed by atoms with Gasteiger partial charge in [0.1, 0.15) is 0 Å². The van der Waals surface area contributed by atoms with Crippen LogP contribution < -0.4 is 5.32 Å². The molecule has 0 aromatic heterocycles. The van der Waals surface area contributed by atoms with Crippen LogP contribution in [0.2, 0.25) is 0 Å². The summed E-state index contributed by atoms with van der Waals surface area (Å²) in [6.45, 7) is 17.8. The van der Waals surface area contributed by atoms with Gasteiger partial charge in [-0.1, -0.05) is 41.5 Å². The lowest BCUT2D eigenvalue weighted by Crippen LogP contribution is -2.29. The van der Waals surface area contributed by atoms with Gasteiger partial charge in [-0.05, 0) is 13.8 Å². The molecule has 1 nitrogen and oxygen atoms in total. The van der Waals surface area contributed by atoms with Crippen LogP contribution in [0.25, 0.3) is 0 Å². The van der Waals surface area contributed by atoms with Crippen LogP contribution in [0.1, 0.15) is 55.4 Å². The Balaban J connectivity index is 3.92. The second kappa shape index (κ2) is 5.83. The maximum absolute atomic E-state index is 4.77. The van der Waals surface area contributed by atoms with Crippen molar-refractivity contribution in [2.24, 2.45) is 0 Å². The van der Waals surface area contributed by atoms with Crippen molar-refractivity contribution in [3.05, 3.63) is 0 Å². The summed E-state index contributed by atoms with van der Waals surface area (Å²) in [4.78, 5) is 0. The van der Waals surface area contributed by atoms with E-state index in [0.29, 0.717) is 20.2 Å². The van der Waals surface area contributed by atoms with E-state index < -0.39 is 0 Å². The minimum atomic E-state index is 0.301. The number of nitrogens with zero attached hydrogens (tertiary/aromatic N) is 1. The third kappa shape index (κ3) is 10.9. The fraction of sp³-hybridized carbons (Fsp3) is 1.00. The Morgan fingerprint density at radius 2 is 1.00 bits per heavy atom. The van der Waals surface area contributed by atoms with E-state index in [1.54, 1.807) is 0 Å². The lowest BCUT2D eigenvalue weighted by Gasteiger charge is -2.28. The quantitative estimate of drug-likeness (QED) is 0.734. The number of thioether (sulfide) groups is 2. The van der Waals surface area contributed by atoms with Crippen molar-refractivity contribution >= 4 is 23.5 Å². The molecule has 0 spiro atoms. The molecular weight excluding hydrogens is 222 g/mol. The zero-order valence-corrected chi connectivity index (χ0v) is 13.1. The fourth-order valence-electron chi connectivity index (χ4n) is 1.38. The van der Waals surface area contributed by atoms with Crippen LogP contribution in [0.15, 0.2) is 0 Å². The predicted molar refractivity (Wildman–Crippen MR) is 75.7 cm³/mol. The average molecular weight is 248 g/mol. The van der Waals surface area contributed by atoms with Crippen LogP contribution in [0, 0.1) is 0 Å². The largest absolute Gasteiger partial charge is 0.214 e. The summed E-state index contributed by atoms with van der Waals surface area (Å²) >= 11 is 3.86. The van der Waals surface area contributed by atoms with E-state index in [2.05, 4.69) is 55.4 Å². The molecule has 0 bridgehead atoms. The molecule has 0 amide bonds. The Hall–Kier alpha value is 0.660. The van der Waals surface area contributed by atoms with Gasteiger partial charge in [-0.25, -0.2) is 5.32 Å². The molecule has 2 unspecified atom stereocenters. The molecule has 0 aliphatic carbocycles. The van der Waals surface area contributed by atoms with Gasteiger partial charge in [0.2, 0.25) is 0 Å². The van der Waals surface area contributed by atoms with Gasteiger partial charge in [0.25, 0.3) is 0 Å². The van der Waals surface area contributed by atoms with Crippen molar-refractivity contribution in [3.63, 3.8) is 0 Å². The van der Waals surface area contributed by atoms with Gasteiger partial charge in [-0.3, -0.25) is 0 Å². The Morgan fingerprint density at radius 3 is 1.20 bits per heavy atom. The summed E-state index contributed by atoms with van der Waals surface area (Å²) in [7, 11) is 0. The highest BCUT2D eigenvalue weighted by atomic mass is 32.2. The van der Waals surface area contributed by atoms with Gasteiger partial charge in [0.05, 0.1) is 10.7 Å².